The lowest BCUT2D eigenvalue weighted by Gasteiger charge is -2.32. The Hall–Kier alpha value is -2.47. The van der Waals surface area contributed by atoms with Gasteiger partial charge in [-0.05, 0) is 24.9 Å². The van der Waals surface area contributed by atoms with E-state index in [0.717, 1.165) is 37.6 Å². The molecule has 1 N–H and O–H groups in total. The number of aromatic nitrogens is 2. The second-order valence-corrected chi connectivity index (χ2v) is 7.28. The van der Waals surface area contributed by atoms with Crippen LogP contribution in [0.1, 0.15) is 42.8 Å². The number of carbonyl (C=O) groups excluding carboxylic acids is 1. The molecule has 1 fully saturated rings. The molecule has 6 heteroatoms. The zero-order valence-electron chi connectivity index (χ0n) is 16.5. The molecule has 0 bridgehead atoms. The molecule has 0 spiro atoms. The first-order chi connectivity index (χ1) is 13.0. The normalized spacial score (nSPS) is 17.5. The Morgan fingerprint density at radius 1 is 1.30 bits per heavy atom. The Balaban J connectivity index is 1.74. The number of benzene rings is 1. The van der Waals surface area contributed by atoms with Crippen molar-refractivity contribution in [3.8, 4) is 0 Å². The lowest BCUT2D eigenvalue weighted by Crippen LogP contribution is -2.34. The second-order valence-electron chi connectivity index (χ2n) is 7.28. The van der Waals surface area contributed by atoms with E-state index in [1.807, 2.05) is 13.1 Å². The van der Waals surface area contributed by atoms with Crippen LogP contribution in [0, 0.1) is 0 Å². The Kier molecular flexibility index (Phi) is 6.40. The van der Waals surface area contributed by atoms with Crippen LogP contribution in [-0.2, 0) is 17.9 Å². The molecule has 0 aliphatic carbocycles. The van der Waals surface area contributed by atoms with Crippen LogP contribution in [0.2, 0.25) is 0 Å². The summed E-state index contributed by atoms with van der Waals surface area (Å²) in [6.45, 7) is 5.08. The van der Waals surface area contributed by atoms with Crippen LogP contribution in [0.4, 0.5) is 5.82 Å². The SMILES string of the molecule is CNc1cc([C@H]2CCCN(Cc3ccccc3)C2)nc(CN(C)C(C)=O)n1. The van der Waals surface area contributed by atoms with Crippen LogP contribution in [0.5, 0.6) is 0 Å². The third kappa shape index (κ3) is 5.26. The van der Waals surface area contributed by atoms with Gasteiger partial charge in [0.05, 0.1) is 12.2 Å². The molecular weight excluding hydrogens is 338 g/mol. The standard InChI is InChI=1S/C21H29N5O/c1-16(27)25(3)15-21-23-19(12-20(22-2)24-21)18-10-7-11-26(14-18)13-17-8-5-4-6-9-17/h4-6,8-9,12,18H,7,10-11,13-15H2,1-3H3,(H,22,23,24)/t18-/m0/s1. The molecular formula is C21H29N5O. The van der Waals surface area contributed by atoms with Gasteiger partial charge < -0.3 is 10.2 Å². The molecule has 2 aromatic rings. The summed E-state index contributed by atoms with van der Waals surface area (Å²) >= 11 is 0. The fourth-order valence-electron chi connectivity index (χ4n) is 3.53. The van der Waals surface area contributed by atoms with Crippen LogP contribution >= 0.6 is 0 Å². The van der Waals surface area contributed by atoms with Crippen molar-refractivity contribution in [1.82, 2.24) is 19.8 Å². The monoisotopic (exact) mass is 367 g/mol. The Bertz CT molecular complexity index is 764. The number of anilines is 1. The Labute approximate surface area is 161 Å². The van der Waals surface area contributed by atoms with Gasteiger partial charge in [0, 0.05) is 46.1 Å². The minimum atomic E-state index is 0.0155. The molecule has 27 heavy (non-hydrogen) atoms. The molecule has 0 saturated carbocycles. The highest BCUT2D eigenvalue weighted by molar-refractivity contribution is 5.72. The van der Waals surface area contributed by atoms with Gasteiger partial charge in [0.2, 0.25) is 5.91 Å². The number of nitrogens with one attached hydrogen (secondary N) is 1. The minimum absolute atomic E-state index is 0.0155. The zero-order valence-corrected chi connectivity index (χ0v) is 16.5. The first-order valence-electron chi connectivity index (χ1n) is 9.58. The smallest absolute Gasteiger partial charge is 0.219 e. The Morgan fingerprint density at radius 2 is 2.07 bits per heavy atom. The highest BCUT2D eigenvalue weighted by Gasteiger charge is 2.23. The summed E-state index contributed by atoms with van der Waals surface area (Å²) in [5.41, 5.74) is 2.42. The summed E-state index contributed by atoms with van der Waals surface area (Å²) in [4.78, 5) is 25.0. The van der Waals surface area contributed by atoms with Crippen molar-refractivity contribution in [3.63, 3.8) is 0 Å². The van der Waals surface area contributed by atoms with Gasteiger partial charge >= 0.3 is 0 Å². The first kappa shape index (κ1) is 19.3. The zero-order chi connectivity index (χ0) is 19.2. The van der Waals surface area contributed by atoms with Gasteiger partial charge in [0.25, 0.3) is 0 Å². The summed E-state index contributed by atoms with van der Waals surface area (Å²) in [6, 6.07) is 12.7. The topological polar surface area (TPSA) is 61.4 Å². The van der Waals surface area contributed by atoms with E-state index < -0.39 is 0 Å². The van der Waals surface area contributed by atoms with E-state index in [1.54, 1.807) is 18.9 Å². The lowest BCUT2D eigenvalue weighted by atomic mass is 9.94. The molecule has 1 aliphatic rings. The lowest BCUT2D eigenvalue weighted by molar-refractivity contribution is -0.128. The van der Waals surface area contributed by atoms with Crippen molar-refractivity contribution < 1.29 is 4.79 Å². The van der Waals surface area contributed by atoms with Crippen LogP contribution in [0.15, 0.2) is 36.4 Å². The quantitative estimate of drug-likeness (QED) is 0.851. The Morgan fingerprint density at radius 3 is 2.78 bits per heavy atom. The van der Waals surface area contributed by atoms with Crippen molar-refractivity contribution in [2.75, 3.05) is 32.5 Å². The maximum absolute atomic E-state index is 11.6. The van der Waals surface area contributed by atoms with E-state index in [4.69, 9.17) is 4.98 Å². The fourth-order valence-corrected chi connectivity index (χ4v) is 3.53. The van der Waals surface area contributed by atoms with E-state index in [-0.39, 0.29) is 5.91 Å². The predicted octanol–water partition coefficient (Wildman–Crippen LogP) is 2.88. The van der Waals surface area contributed by atoms with Gasteiger partial charge in [0.15, 0.2) is 0 Å². The van der Waals surface area contributed by atoms with Crippen molar-refractivity contribution >= 4 is 11.7 Å². The summed E-state index contributed by atoms with van der Waals surface area (Å²) in [6.07, 6.45) is 2.30. The van der Waals surface area contributed by atoms with Crippen LogP contribution in [0.3, 0.4) is 0 Å². The third-order valence-corrected chi connectivity index (χ3v) is 5.14. The van der Waals surface area contributed by atoms with Gasteiger partial charge in [-0.25, -0.2) is 9.97 Å². The molecule has 1 saturated heterocycles. The van der Waals surface area contributed by atoms with E-state index in [0.29, 0.717) is 18.3 Å². The van der Waals surface area contributed by atoms with Gasteiger partial charge in [-0.2, -0.15) is 0 Å². The van der Waals surface area contributed by atoms with Gasteiger partial charge in [0.1, 0.15) is 11.6 Å². The number of nitrogens with zero attached hydrogens (tertiary/aromatic N) is 4. The molecule has 2 heterocycles. The summed E-state index contributed by atoms with van der Waals surface area (Å²) < 4.78 is 0. The molecule has 1 aromatic heterocycles. The van der Waals surface area contributed by atoms with Crippen LogP contribution in [0.25, 0.3) is 0 Å². The van der Waals surface area contributed by atoms with Crippen molar-refractivity contribution in [3.05, 3.63) is 53.5 Å². The van der Waals surface area contributed by atoms with E-state index in [2.05, 4.69) is 45.5 Å². The number of hydrogen-bond acceptors (Lipinski definition) is 5. The second kappa shape index (κ2) is 8.95. The first-order valence-corrected chi connectivity index (χ1v) is 9.58. The van der Waals surface area contributed by atoms with Crippen molar-refractivity contribution in [2.45, 2.75) is 38.8 Å². The van der Waals surface area contributed by atoms with E-state index >= 15 is 0 Å². The number of amides is 1. The summed E-state index contributed by atoms with van der Waals surface area (Å²) in [7, 11) is 3.65. The molecule has 1 aromatic carbocycles. The molecule has 6 nitrogen and oxygen atoms in total. The number of rotatable bonds is 6. The average molecular weight is 367 g/mol. The molecule has 0 radical (unpaired) electrons. The number of carbonyl (C=O) groups is 1. The van der Waals surface area contributed by atoms with Crippen LogP contribution in [-0.4, -0.2) is 52.9 Å². The maximum atomic E-state index is 11.6. The third-order valence-electron chi connectivity index (χ3n) is 5.14. The van der Waals surface area contributed by atoms with E-state index in [9.17, 15) is 4.79 Å². The summed E-state index contributed by atoms with van der Waals surface area (Å²) in [5.74, 6) is 1.91. The maximum Gasteiger partial charge on any atom is 0.219 e. The number of piperidine rings is 1. The average Bonchev–Trinajstić information content (AvgIpc) is 2.68. The molecule has 1 aliphatic heterocycles. The highest BCUT2D eigenvalue weighted by Crippen LogP contribution is 2.28. The molecule has 1 amide bonds. The molecule has 3 rings (SSSR count). The predicted molar refractivity (Wildman–Crippen MR) is 107 cm³/mol. The van der Waals surface area contributed by atoms with Crippen molar-refractivity contribution in [1.29, 1.82) is 0 Å². The number of hydrogen-bond donors (Lipinski definition) is 1. The largest absolute Gasteiger partial charge is 0.373 e. The van der Waals surface area contributed by atoms with Gasteiger partial charge in [-0.1, -0.05) is 30.3 Å². The molecule has 144 valence electrons. The summed E-state index contributed by atoms with van der Waals surface area (Å²) in [5, 5.41) is 3.13. The van der Waals surface area contributed by atoms with Crippen LogP contribution < -0.4 is 5.32 Å². The van der Waals surface area contributed by atoms with Crippen molar-refractivity contribution in [2.24, 2.45) is 0 Å². The van der Waals surface area contributed by atoms with E-state index in [1.165, 1.54) is 12.0 Å². The molecule has 1 atom stereocenters. The van der Waals surface area contributed by atoms with Gasteiger partial charge in [-0.15, -0.1) is 0 Å². The fraction of sp³-hybridized carbons (Fsp3) is 0.476. The minimum Gasteiger partial charge on any atom is -0.373 e. The molecule has 0 unspecified atom stereocenters. The number of likely N-dealkylation sites (tertiary alicyclic amines) is 1. The van der Waals surface area contributed by atoms with Gasteiger partial charge in [-0.3, -0.25) is 9.69 Å². The highest BCUT2D eigenvalue weighted by atomic mass is 16.2.